The van der Waals surface area contributed by atoms with Crippen LogP contribution in [-0.2, 0) is 0 Å². The third-order valence-electron chi connectivity index (χ3n) is 2.19. The maximum atomic E-state index is 13.3. The minimum absolute atomic E-state index is 0.751. The van der Waals surface area contributed by atoms with Crippen LogP contribution in [0.25, 0.3) is 0 Å². The van der Waals surface area contributed by atoms with Crippen molar-refractivity contribution < 1.29 is 35.9 Å². The van der Waals surface area contributed by atoms with Crippen molar-refractivity contribution in [2.75, 3.05) is 0 Å². The van der Waals surface area contributed by atoms with Crippen molar-refractivity contribution in [3.05, 3.63) is 35.9 Å². The van der Waals surface area contributed by atoms with Crippen LogP contribution in [0.1, 0.15) is 5.56 Å². The molecule has 0 aromatic heterocycles. The second-order valence-corrected chi connectivity index (χ2v) is 3.46. The van der Waals surface area contributed by atoms with Gasteiger partial charge in [0, 0.05) is 5.56 Å². The zero-order valence-corrected chi connectivity index (χ0v) is 8.93. The molecular weight excluding hydrogens is 283 g/mol. The molecule has 0 atom stereocenters. The summed E-state index contributed by atoms with van der Waals surface area (Å²) in [5.41, 5.74) is -2.81. The summed E-state index contributed by atoms with van der Waals surface area (Å²) in [6.07, 6.45) is -6.48. The SMILES string of the molecule is O/N=C(\c1ccccc1)C(F)(F)C(F)(F)C(F)(F)F. The largest absolute Gasteiger partial charge is 0.460 e. The molecule has 1 aromatic rings. The first-order valence-corrected chi connectivity index (χ1v) is 4.66. The van der Waals surface area contributed by atoms with Crippen LogP contribution in [0.3, 0.4) is 0 Å². The molecule has 0 unspecified atom stereocenters. The van der Waals surface area contributed by atoms with Crippen molar-refractivity contribution in [2.24, 2.45) is 5.16 Å². The van der Waals surface area contributed by atoms with Crippen molar-refractivity contribution in [2.45, 2.75) is 18.0 Å². The predicted octanol–water partition coefficient (Wildman–Crippen LogP) is 3.70. The smallest absolute Gasteiger partial charge is 0.410 e. The van der Waals surface area contributed by atoms with E-state index in [1.165, 1.54) is 6.07 Å². The fourth-order valence-corrected chi connectivity index (χ4v) is 1.22. The molecule has 19 heavy (non-hydrogen) atoms. The summed E-state index contributed by atoms with van der Waals surface area (Å²) in [6, 6.07) is 5.17. The third-order valence-corrected chi connectivity index (χ3v) is 2.19. The summed E-state index contributed by atoms with van der Waals surface area (Å²) >= 11 is 0. The van der Waals surface area contributed by atoms with Gasteiger partial charge in [-0.25, -0.2) is 0 Å². The van der Waals surface area contributed by atoms with Crippen LogP contribution in [0.5, 0.6) is 0 Å². The molecule has 2 nitrogen and oxygen atoms in total. The summed E-state index contributed by atoms with van der Waals surface area (Å²) in [5.74, 6) is -12.1. The molecule has 0 aliphatic carbocycles. The summed E-state index contributed by atoms with van der Waals surface area (Å²) in [6.45, 7) is 0. The first kappa shape index (κ1) is 15.3. The lowest BCUT2D eigenvalue weighted by Crippen LogP contribution is -2.56. The van der Waals surface area contributed by atoms with E-state index in [-0.39, 0.29) is 0 Å². The number of oxime groups is 1. The quantitative estimate of drug-likeness (QED) is 0.391. The highest BCUT2D eigenvalue weighted by molar-refractivity contribution is 6.06. The van der Waals surface area contributed by atoms with E-state index < -0.39 is 29.3 Å². The Morgan fingerprint density at radius 3 is 1.74 bits per heavy atom. The molecule has 0 aliphatic heterocycles. The van der Waals surface area contributed by atoms with E-state index in [9.17, 15) is 30.7 Å². The zero-order valence-electron chi connectivity index (χ0n) is 8.93. The summed E-state index contributed by atoms with van der Waals surface area (Å²) < 4.78 is 88.0. The second kappa shape index (κ2) is 4.71. The Bertz CT molecular complexity index is 467. The highest BCUT2D eigenvalue weighted by atomic mass is 19.4. The number of benzene rings is 1. The van der Waals surface area contributed by atoms with E-state index in [1.54, 1.807) is 0 Å². The molecular formula is C10H6F7NO. The number of hydrogen-bond donors (Lipinski definition) is 1. The molecule has 0 heterocycles. The Hall–Kier alpha value is -1.80. The third kappa shape index (κ3) is 2.49. The molecule has 0 spiro atoms. The molecule has 0 fully saturated rings. The van der Waals surface area contributed by atoms with Crippen LogP contribution in [0.15, 0.2) is 35.5 Å². The van der Waals surface area contributed by atoms with Crippen molar-refractivity contribution in [1.29, 1.82) is 0 Å². The number of rotatable bonds is 3. The van der Waals surface area contributed by atoms with Crippen molar-refractivity contribution in [3.8, 4) is 0 Å². The average molecular weight is 289 g/mol. The maximum Gasteiger partial charge on any atom is 0.460 e. The summed E-state index contributed by atoms with van der Waals surface area (Å²) in [5, 5.41) is 10.2. The molecule has 1 rings (SSSR count). The molecule has 0 amide bonds. The molecule has 1 N–H and O–H groups in total. The number of alkyl halides is 7. The molecule has 0 radical (unpaired) electrons. The monoisotopic (exact) mass is 289 g/mol. The van der Waals surface area contributed by atoms with Gasteiger partial charge in [0.05, 0.1) is 0 Å². The van der Waals surface area contributed by atoms with Gasteiger partial charge in [0.2, 0.25) is 0 Å². The molecule has 0 saturated heterocycles. The highest BCUT2D eigenvalue weighted by Gasteiger charge is 2.75. The van der Waals surface area contributed by atoms with Gasteiger partial charge < -0.3 is 5.21 Å². The van der Waals surface area contributed by atoms with Crippen molar-refractivity contribution in [3.63, 3.8) is 0 Å². The predicted molar refractivity (Wildman–Crippen MR) is 50.7 cm³/mol. The van der Waals surface area contributed by atoms with Crippen molar-refractivity contribution >= 4 is 5.71 Å². The fraction of sp³-hybridized carbons (Fsp3) is 0.300. The topological polar surface area (TPSA) is 32.6 Å². The Balaban J connectivity index is 3.33. The Morgan fingerprint density at radius 2 is 1.37 bits per heavy atom. The van der Waals surface area contributed by atoms with Crippen molar-refractivity contribution in [1.82, 2.24) is 0 Å². The van der Waals surface area contributed by atoms with E-state index in [0.717, 1.165) is 24.3 Å². The van der Waals surface area contributed by atoms with E-state index in [4.69, 9.17) is 5.21 Å². The second-order valence-electron chi connectivity index (χ2n) is 3.46. The standard InChI is InChI=1S/C10H6F7NO/c11-8(12,9(13,14)10(15,16)17)7(18-19)6-4-2-1-3-5-6/h1-5,19H/b18-7+. The van der Waals surface area contributed by atoms with E-state index in [2.05, 4.69) is 0 Å². The Morgan fingerprint density at radius 1 is 0.895 bits per heavy atom. The number of halogens is 7. The van der Waals surface area contributed by atoms with Crippen LogP contribution in [-0.4, -0.2) is 28.9 Å². The van der Waals surface area contributed by atoms with Crippen LogP contribution in [0.2, 0.25) is 0 Å². The normalized spacial score (nSPS) is 14.6. The van der Waals surface area contributed by atoms with Crippen LogP contribution < -0.4 is 0 Å². The van der Waals surface area contributed by atoms with Crippen LogP contribution >= 0.6 is 0 Å². The average Bonchev–Trinajstić information content (AvgIpc) is 2.29. The molecule has 106 valence electrons. The van der Waals surface area contributed by atoms with E-state index >= 15 is 0 Å². The lowest BCUT2D eigenvalue weighted by Gasteiger charge is -2.28. The zero-order chi connectivity index (χ0) is 14.9. The number of hydrogen-bond acceptors (Lipinski definition) is 2. The maximum absolute atomic E-state index is 13.3. The lowest BCUT2D eigenvalue weighted by atomic mass is 9.99. The van der Waals surface area contributed by atoms with Crippen LogP contribution in [0.4, 0.5) is 30.7 Å². The van der Waals surface area contributed by atoms with E-state index in [1.807, 2.05) is 5.16 Å². The minimum Gasteiger partial charge on any atom is -0.410 e. The molecule has 0 aliphatic rings. The Kier molecular flexibility index (Phi) is 3.78. The Labute approximate surface area is 102 Å². The van der Waals surface area contributed by atoms with Gasteiger partial charge in [-0.2, -0.15) is 30.7 Å². The van der Waals surface area contributed by atoms with Gasteiger partial charge in [-0.15, -0.1) is 0 Å². The fourth-order valence-electron chi connectivity index (χ4n) is 1.22. The van der Waals surface area contributed by atoms with Gasteiger partial charge in [0.25, 0.3) is 0 Å². The molecule has 0 bridgehead atoms. The number of nitrogens with zero attached hydrogens (tertiary/aromatic N) is 1. The van der Waals surface area contributed by atoms with Gasteiger partial charge in [0.15, 0.2) is 5.71 Å². The molecule has 9 heteroatoms. The molecule has 0 saturated carbocycles. The first-order valence-electron chi connectivity index (χ1n) is 4.66. The summed E-state index contributed by atoms with van der Waals surface area (Å²) in [7, 11) is 0. The highest BCUT2D eigenvalue weighted by Crippen LogP contribution is 2.47. The van der Waals surface area contributed by atoms with Crippen LogP contribution in [0, 0.1) is 0 Å². The van der Waals surface area contributed by atoms with Gasteiger partial charge in [-0.1, -0.05) is 35.5 Å². The van der Waals surface area contributed by atoms with E-state index in [0.29, 0.717) is 0 Å². The van der Waals surface area contributed by atoms with Gasteiger partial charge >= 0.3 is 18.0 Å². The summed E-state index contributed by atoms with van der Waals surface area (Å²) in [4.78, 5) is 0. The molecule has 1 aromatic carbocycles. The van der Waals surface area contributed by atoms with Gasteiger partial charge in [-0.3, -0.25) is 0 Å². The van der Waals surface area contributed by atoms with Gasteiger partial charge in [0.1, 0.15) is 0 Å². The van der Waals surface area contributed by atoms with Gasteiger partial charge in [-0.05, 0) is 0 Å². The lowest BCUT2D eigenvalue weighted by molar-refractivity contribution is -0.336. The first-order chi connectivity index (χ1) is 8.55. The minimum atomic E-state index is -6.48.